The second-order valence-electron chi connectivity index (χ2n) is 4.62. The highest BCUT2D eigenvalue weighted by atomic mass is 35.5. The number of rotatable bonds is 5. The monoisotopic (exact) mass is 274 g/mol. The minimum Gasteiger partial charge on any atom is -0.351 e. The van der Waals surface area contributed by atoms with Crippen LogP contribution in [0.4, 0.5) is 0 Å². The first-order chi connectivity index (χ1) is 7.95. The summed E-state index contributed by atoms with van der Waals surface area (Å²) >= 11 is 0. The Kier molecular flexibility index (Phi) is 6.94. The topological polar surface area (TPSA) is 72.9 Å². The fraction of sp³-hybridized carbons (Fsp3) is 0.667. The first-order valence-corrected chi connectivity index (χ1v) is 6.00. The van der Waals surface area contributed by atoms with E-state index in [0.29, 0.717) is 6.54 Å². The molecular weight excluding hydrogens is 252 g/mol. The van der Waals surface area contributed by atoms with Gasteiger partial charge in [0, 0.05) is 25.4 Å². The Morgan fingerprint density at radius 3 is 2.67 bits per heavy atom. The van der Waals surface area contributed by atoms with E-state index in [1.165, 1.54) is 0 Å². The molecule has 0 aromatic carbocycles. The van der Waals surface area contributed by atoms with Gasteiger partial charge in [-0.2, -0.15) is 5.10 Å². The minimum atomic E-state index is -0.447. The van der Waals surface area contributed by atoms with E-state index >= 15 is 0 Å². The van der Waals surface area contributed by atoms with Crippen molar-refractivity contribution in [3.8, 4) is 0 Å². The zero-order chi connectivity index (χ0) is 13.0. The van der Waals surface area contributed by atoms with Crippen molar-refractivity contribution in [3.63, 3.8) is 0 Å². The molecule has 18 heavy (non-hydrogen) atoms. The van der Waals surface area contributed by atoms with Gasteiger partial charge in [0.2, 0.25) is 5.91 Å². The number of amides is 1. The van der Waals surface area contributed by atoms with Gasteiger partial charge in [0.05, 0.1) is 11.7 Å². The number of aromatic nitrogens is 2. The molecule has 0 unspecified atom stereocenters. The fourth-order valence-electron chi connectivity index (χ4n) is 1.63. The summed E-state index contributed by atoms with van der Waals surface area (Å²) in [5.74, 6) is 0.0421. The van der Waals surface area contributed by atoms with E-state index in [9.17, 15) is 4.79 Å². The molecule has 1 atom stereocenters. The number of carbonyl (C=O) groups is 1. The van der Waals surface area contributed by atoms with Crippen LogP contribution in [0.15, 0.2) is 6.20 Å². The molecule has 5 nitrogen and oxygen atoms in total. The number of halogens is 1. The first-order valence-electron chi connectivity index (χ1n) is 6.00. The summed E-state index contributed by atoms with van der Waals surface area (Å²) in [5, 5.41) is 7.17. The number of nitrogens with zero attached hydrogens (tertiary/aromatic N) is 2. The Morgan fingerprint density at radius 1 is 1.56 bits per heavy atom. The lowest BCUT2D eigenvalue weighted by Gasteiger charge is -2.15. The molecule has 0 fully saturated rings. The van der Waals surface area contributed by atoms with E-state index in [0.717, 1.165) is 17.7 Å². The van der Waals surface area contributed by atoms with E-state index < -0.39 is 6.04 Å². The van der Waals surface area contributed by atoms with Gasteiger partial charge in [-0.3, -0.25) is 9.48 Å². The van der Waals surface area contributed by atoms with Crippen molar-refractivity contribution in [1.29, 1.82) is 0 Å². The molecule has 104 valence electrons. The maximum atomic E-state index is 11.7. The molecule has 1 rings (SSSR count). The third-order valence-corrected chi connectivity index (χ3v) is 2.80. The van der Waals surface area contributed by atoms with Crippen molar-refractivity contribution in [2.24, 2.45) is 18.7 Å². The summed E-state index contributed by atoms with van der Waals surface area (Å²) in [7, 11) is 1.88. The molecule has 0 saturated carbocycles. The lowest BCUT2D eigenvalue weighted by Crippen LogP contribution is -2.43. The predicted molar refractivity (Wildman–Crippen MR) is 74.5 cm³/mol. The summed E-state index contributed by atoms with van der Waals surface area (Å²) in [6, 6.07) is -0.447. The van der Waals surface area contributed by atoms with Crippen LogP contribution in [0.3, 0.4) is 0 Å². The molecule has 0 aliphatic rings. The van der Waals surface area contributed by atoms with Crippen LogP contribution in [-0.2, 0) is 24.8 Å². The molecule has 0 bridgehead atoms. The summed E-state index contributed by atoms with van der Waals surface area (Å²) in [6.45, 7) is 6.42. The van der Waals surface area contributed by atoms with Crippen LogP contribution in [0.1, 0.15) is 32.0 Å². The Labute approximate surface area is 115 Å². The smallest absolute Gasteiger partial charge is 0.237 e. The highest BCUT2D eigenvalue weighted by Gasteiger charge is 2.17. The number of nitrogens with one attached hydrogen (secondary N) is 1. The van der Waals surface area contributed by atoms with E-state index in [1.54, 1.807) is 4.68 Å². The van der Waals surface area contributed by atoms with Gasteiger partial charge >= 0.3 is 0 Å². The van der Waals surface area contributed by atoms with Crippen LogP contribution in [0.2, 0.25) is 0 Å². The lowest BCUT2D eigenvalue weighted by molar-refractivity contribution is -0.123. The molecule has 0 aliphatic carbocycles. The molecule has 3 N–H and O–H groups in total. The molecule has 1 aromatic rings. The van der Waals surface area contributed by atoms with Gasteiger partial charge in [0.15, 0.2) is 0 Å². The molecular formula is C12H23ClN4O. The van der Waals surface area contributed by atoms with E-state index in [-0.39, 0.29) is 24.2 Å². The van der Waals surface area contributed by atoms with E-state index in [4.69, 9.17) is 5.73 Å². The van der Waals surface area contributed by atoms with Gasteiger partial charge < -0.3 is 11.1 Å². The highest BCUT2D eigenvalue weighted by molar-refractivity contribution is 5.85. The maximum Gasteiger partial charge on any atom is 0.237 e. The molecule has 1 aromatic heterocycles. The third kappa shape index (κ3) is 4.31. The number of nitrogens with two attached hydrogens (primary N) is 1. The Bertz CT molecular complexity index is 389. The average molecular weight is 275 g/mol. The summed E-state index contributed by atoms with van der Waals surface area (Å²) in [6.07, 6.45) is 2.79. The summed E-state index contributed by atoms with van der Waals surface area (Å²) in [4.78, 5) is 11.7. The van der Waals surface area contributed by atoms with Crippen LogP contribution in [0.5, 0.6) is 0 Å². The van der Waals surface area contributed by atoms with Gasteiger partial charge in [-0.1, -0.05) is 20.8 Å². The molecule has 1 heterocycles. The van der Waals surface area contributed by atoms with E-state index in [2.05, 4.69) is 10.4 Å². The van der Waals surface area contributed by atoms with Crippen LogP contribution < -0.4 is 11.1 Å². The lowest BCUT2D eigenvalue weighted by atomic mass is 10.0. The molecule has 0 saturated heterocycles. The van der Waals surface area contributed by atoms with Crippen LogP contribution in [0, 0.1) is 5.92 Å². The molecule has 0 radical (unpaired) electrons. The normalized spacial score (nSPS) is 12.1. The first kappa shape index (κ1) is 16.9. The number of hydrogen-bond acceptors (Lipinski definition) is 3. The van der Waals surface area contributed by atoms with Crippen LogP contribution in [-0.4, -0.2) is 21.7 Å². The zero-order valence-electron chi connectivity index (χ0n) is 11.4. The van der Waals surface area contributed by atoms with Crippen LogP contribution >= 0.6 is 12.4 Å². The minimum absolute atomic E-state index is 0. The van der Waals surface area contributed by atoms with E-state index in [1.807, 2.05) is 34.0 Å². The summed E-state index contributed by atoms with van der Waals surface area (Å²) < 4.78 is 1.77. The van der Waals surface area contributed by atoms with Crippen molar-refractivity contribution in [1.82, 2.24) is 15.1 Å². The maximum absolute atomic E-state index is 11.7. The molecule has 1 amide bonds. The third-order valence-electron chi connectivity index (χ3n) is 2.80. The largest absolute Gasteiger partial charge is 0.351 e. The highest BCUT2D eigenvalue weighted by Crippen LogP contribution is 2.07. The SMILES string of the molecule is CCc1nn(C)cc1CNC(=O)[C@H](N)C(C)C.Cl. The molecule has 6 heteroatoms. The van der Waals surface area contributed by atoms with Gasteiger partial charge in [0.1, 0.15) is 0 Å². The number of aryl methyl sites for hydroxylation is 2. The van der Waals surface area contributed by atoms with Crippen LogP contribution in [0.25, 0.3) is 0 Å². The van der Waals surface area contributed by atoms with Gasteiger partial charge in [-0.25, -0.2) is 0 Å². The number of carbonyl (C=O) groups excluding carboxylic acids is 1. The Morgan fingerprint density at radius 2 is 2.17 bits per heavy atom. The zero-order valence-corrected chi connectivity index (χ0v) is 12.3. The van der Waals surface area contributed by atoms with Crippen molar-refractivity contribution in [2.75, 3.05) is 0 Å². The van der Waals surface area contributed by atoms with Crippen molar-refractivity contribution >= 4 is 18.3 Å². The standard InChI is InChI=1S/C12H22N4O.ClH/c1-5-10-9(7-16(4)15-10)6-14-12(17)11(13)8(2)3;/h7-8,11H,5-6,13H2,1-4H3,(H,14,17);1H/t11-;/m1./s1. The van der Waals surface area contributed by atoms with Crippen molar-refractivity contribution in [2.45, 2.75) is 39.8 Å². The molecule has 0 spiro atoms. The second-order valence-corrected chi connectivity index (χ2v) is 4.62. The van der Waals surface area contributed by atoms with Gasteiger partial charge in [-0.05, 0) is 12.3 Å². The van der Waals surface area contributed by atoms with Gasteiger partial charge in [-0.15, -0.1) is 12.4 Å². The Hall–Kier alpha value is -1.07. The van der Waals surface area contributed by atoms with Crippen molar-refractivity contribution in [3.05, 3.63) is 17.5 Å². The predicted octanol–water partition coefficient (Wildman–Crippen LogP) is 1.00. The number of hydrogen-bond donors (Lipinski definition) is 2. The Balaban J connectivity index is 0.00000289. The second kappa shape index (κ2) is 7.38. The summed E-state index contributed by atoms with van der Waals surface area (Å²) in [5.41, 5.74) is 7.84. The average Bonchev–Trinajstić information content (AvgIpc) is 2.65. The fourth-order valence-corrected chi connectivity index (χ4v) is 1.63. The molecule has 0 aliphatic heterocycles. The van der Waals surface area contributed by atoms with Crippen molar-refractivity contribution < 1.29 is 4.79 Å². The van der Waals surface area contributed by atoms with Gasteiger partial charge in [0.25, 0.3) is 0 Å². The quantitative estimate of drug-likeness (QED) is 0.841.